The van der Waals surface area contributed by atoms with Crippen molar-refractivity contribution < 1.29 is 71.5 Å². The predicted octanol–water partition coefficient (Wildman–Crippen LogP) is 2.00. The van der Waals surface area contributed by atoms with Crippen LogP contribution in [0.1, 0.15) is 12.8 Å². The molecule has 1 aromatic rings. The number of amides is 1. The number of hydrogen-bond donors (Lipinski definition) is 2. The molecule has 2 N–H and O–H groups in total. The Bertz CT molecular complexity index is 947. The molecule has 0 unspecified atom stereocenters. The monoisotopic (exact) mass is 814 g/mol. The molecule has 0 fully saturated rings. The number of pyridine rings is 1. The summed E-state index contributed by atoms with van der Waals surface area (Å²) in [6, 6.07) is 5.77. The minimum atomic E-state index is -0.878. The molecule has 0 bridgehead atoms. The molecule has 0 aromatic carbocycles. The second-order valence-corrected chi connectivity index (χ2v) is 13.1. The first-order valence-corrected chi connectivity index (χ1v) is 20.6. The number of rotatable bonds is 44. The first-order valence-electron chi connectivity index (χ1n) is 18.3. The van der Waals surface area contributed by atoms with E-state index in [4.69, 9.17) is 61.9 Å². The largest absolute Gasteiger partial charge is 0.481 e. The van der Waals surface area contributed by atoms with Gasteiger partial charge in [0.25, 0.3) is 0 Å². The molecule has 1 rings (SSSR count). The molecule has 19 heteroatoms. The normalized spacial score (nSPS) is 11.3. The topological polar surface area (TPSA) is 190 Å². The van der Waals surface area contributed by atoms with E-state index in [1.165, 1.54) is 0 Å². The van der Waals surface area contributed by atoms with Crippen LogP contribution in [0.5, 0.6) is 0 Å². The third kappa shape index (κ3) is 40.0. The van der Waals surface area contributed by atoms with E-state index >= 15 is 0 Å². The van der Waals surface area contributed by atoms with Gasteiger partial charge in [-0.25, -0.2) is 4.98 Å². The Morgan fingerprint density at radius 2 is 0.852 bits per heavy atom. The highest BCUT2D eigenvalue weighted by atomic mass is 33.1. The molecule has 0 spiro atoms. The molecule has 314 valence electrons. The fourth-order valence-corrected chi connectivity index (χ4v) is 5.53. The maximum atomic E-state index is 11.9. The summed E-state index contributed by atoms with van der Waals surface area (Å²) in [6.45, 7) is 11.3. The van der Waals surface area contributed by atoms with Crippen molar-refractivity contribution in [3.8, 4) is 0 Å². The van der Waals surface area contributed by atoms with E-state index in [0.717, 1.165) is 10.8 Å². The number of aromatic nitrogens is 1. The zero-order valence-corrected chi connectivity index (χ0v) is 33.2. The van der Waals surface area contributed by atoms with Crippen LogP contribution in [-0.2, 0) is 66.4 Å². The smallest absolute Gasteiger partial charge is 0.305 e. The van der Waals surface area contributed by atoms with Crippen molar-refractivity contribution in [3.63, 3.8) is 0 Å². The highest BCUT2D eigenvalue weighted by molar-refractivity contribution is 8.76. The summed E-state index contributed by atoms with van der Waals surface area (Å²) in [5, 5.41) is 12.3. The molecule has 0 aliphatic heterocycles. The Morgan fingerprint density at radius 1 is 0.500 bits per heavy atom. The van der Waals surface area contributed by atoms with E-state index in [9.17, 15) is 9.59 Å². The van der Waals surface area contributed by atoms with Crippen molar-refractivity contribution >= 4 is 33.5 Å². The second-order valence-electron chi connectivity index (χ2n) is 10.7. The predicted molar refractivity (Wildman–Crippen MR) is 202 cm³/mol. The summed E-state index contributed by atoms with van der Waals surface area (Å²) in [7, 11) is 3.18. The summed E-state index contributed by atoms with van der Waals surface area (Å²) < 4.78 is 65.1. The Balaban J connectivity index is 1.63. The van der Waals surface area contributed by atoms with Crippen LogP contribution >= 0.6 is 21.6 Å². The van der Waals surface area contributed by atoms with E-state index in [1.54, 1.807) is 27.8 Å². The highest BCUT2D eigenvalue weighted by Crippen LogP contribution is 2.29. The molecule has 1 aromatic heterocycles. The van der Waals surface area contributed by atoms with E-state index < -0.39 is 5.97 Å². The maximum Gasteiger partial charge on any atom is 0.305 e. The molecule has 1 amide bonds. The van der Waals surface area contributed by atoms with Gasteiger partial charge in [-0.2, -0.15) is 0 Å². The van der Waals surface area contributed by atoms with Crippen LogP contribution < -0.4 is 5.32 Å². The number of carbonyl (C=O) groups excluding carboxylic acids is 1. The van der Waals surface area contributed by atoms with Gasteiger partial charge in [-0.3, -0.25) is 9.59 Å². The average Bonchev–Trinajstić information content (AvgIpc) is 3.17. The van der Waals surface area contributed by atoms with Crippen molar-refractivity contribution in [3.05, 3.63) is 24.4 Å². The summed E-state index contributed by atoms with van der Waals surface area (Å²) in [4.78, 5) is 26.4. The molecule has 17 nitrogen and oxygen atoms in total. The minimum absolute atomic E-state index is 0.00663. The Kier molecular flexibility index (Phi) is 39.6. The van der Waals surface area contributed by atoms with Gasteiger partial charge in [0.05, 0.1) is 165 Å². The van der Waals surface area contributed by atoms with Crippen LogP contribution in [0.15, 0.2) is 29.4 Å². The maximum absolute atomic E-state index is 11.9. The van der Waals surface area contributed by atoms with Gasteiger partial charge in [0, 0.05) is 24.9 Å². The number of hydrogen-bond acceptors (Lipinski definition) is 17. The number of carboxylic acids is 1. The lowest BCUT2D eigenvalue weighted by Crippen LogP contribution is -2.27. The molecular formula is C35H62N2O15S2. The lowest BCUT2D eigenvalue weighted by atomic mass is 10.4. The molecule has 0 saturated heterocycles. The zero-order valence-electron chi connectivity index (χ0n) is 31.5. The van der Waals surface area contributed by atoms with Crippen molar-refractivity contribution in [2.45, 2.75) is 17.9 Å². The second kappa shape index (κ2) is 42.5. The van der Waals surface area contributed by atoms with Gasteiger partial charge in [0.15, 0.2) is 0 Å². The quantitative estimate of drug-likeness (QED) is 0.0718. The van der Waals surface area contributed by atoms with Gasteiger partial charge >= 0.3 is 5.97 Å². The summed E-state index contributed by atoms with van der Waals surface area (Å²) in [6.07, 6.45) is 2.20. The molecular weight excluding hydrogens is 753 g/mol. The number of nitrogens with zero attached hydrogens (tertiary/aromatic N) is 1. The van der Waals surface area contributed by atoms with Crippen LogP contribution in [0.25, 0.3) is 0 Å². The van der Waals surface area contributed by atoms with Crippen LogP contribution in [0.4, 0.5) is 0 Å². The Labute approximate surface area is 327 Å². The first-order chi connectivity index (χ1) is 26.7. The lowest BCUT2D eigenvalue weighted by molar-refractivity contribution is -0.138. The van der Waals surface area contributed by atoms with Gasteiger partial charge < -0.3 is 67.3 Å². The van der Waals surface area contributed by atoms with Crippen LogP contribution in [0.2, 0.25) is 0 Å². The Hall–Kier alpha value is -1.69. The molecule has 0 radical (unpaired) electrons. The lowest BCUT2D eigenvalue weighted by Gasteiger charge is -2.09. The Morgan fingerprint density at radius 3 is 1.19 bits per heavy atom. The first kappa shape index (κ1) is 50.3. The van der Waals surface area contributed by atoms with Crippen LogP contribution in [-0.4, -0.2) is 193 Å². The third-order valence-corrected chi connectivity index (χ3v) is 8.58. The minimum Gasteiger partial charge on any atom is -0.481 e. The van der Waals surface area contributed by atoms with Gasteiger partial charge in [0.2, 0.25) is 5.91 Å². The van der Waals surface area contributed by atoms with Gasteiger partial charge in [0.1, 0.15) is 5.03 Å². The molecule has 0 aliphatic carbocycles. The molecule has 54 heavy (non-hydrogen) atoms. The fraction of sp³-hybridized carbons (Fsp3) is 0.800. The van der Waals surface area contributed by atoms with Crippen LogP contribution in [0, 0.1) is 0 Å². The van der Waals surface area contributed by atoms with Gasteiger partial charge in [-0.15, -0.1) is 0 Å². The van der Waals surface area contributed by atoms with E-state index in [2.05, 4.69) is 10.3 Å². The average molecular weight is 815 g/mol. The molecule has 0 saturated carbocycles. The molecule has 1 heterocycles. The van der Waals surface area contributed by atoms with Crippen molar-refractivity contribution in [1.82, 2.24) is 10.3 Å². The zero-order chi connectivity index (χ0) is 38.7. The van der Waals surface area contributed by atoms with E-state index in [-0.39, 0.29) is 18.9 Å². The standard InChI is InChI=1S/C35H62N2O15S2/c38-33(5-32-53-54-34-3-1-2-6-37-34)36-7-9-42-11-13-44-15-17-46-19-21-48-23-25-50-27-29-52-31-30-51-28-26-49-24-22-47-20-18-45-16-14-43-12-10-41-8-4-35(39)40/h1-3,6H,4-5,7-32H2,(H,36,38)(H,39,40). The summed E-state index contributed by atoms with van der Waals surface area (Å²) >= 11 is 0. The number of carboxylic acid groups (broad SMARTS) is 1. The summed E-state index contributed by atoms with van der Waals surface area (Å²) in [5.41, 5.74) is 0. The van der Waals surface area contributed by atoms with Crippen molar-refractivity contribution in [2.75, 3.05) is 171 Å². The number of aliphatic carboxylic acids is 1. The number of ether oxygens (including phenoxy) is 12. The number of carbonyl (C=O) groups is 2. The van der Waals surface area contributed by atoms with Crippen molar-refractivity contribution in [1.29, 1.82) is 0 Å². The third-order valence-electron chi connectivity index (χ3n) is 6.32. The number of nitrogens with one attached hydrogen (secondary N) is 1. The highest BCUT2D eigenvalue weighted by Gasteiger charge is 2.03. The van der Waals surface area contributed by atoms with E-state index in [0.29, 0.717) is 165 Å². The summed E-state index contributed by atoms with van der Waals surface area (Å²) in [5.74, 6) is -0.147. The molecule has 0 aliphatic rings. The van der Waals surface area contributed by atoms with E-state index in [1.807, 2.05) is 18.2 Å². The van der Waals surface area contributed by atoms with Crippen molar-refractivity contribution in [2.24, 2.45) is 0 Å². The molecule has 0 atom stereocenters. The van der Waals surface area contributed by atoms with Gasteiger partial charge in [-0.1, -0.05) is 16.9 Å². The van der Waals surface area contributed by atoms with Gasteiger partial charge in [-0.05, 0) is 22.9 Å². The SMILES string of the molecule is O=C(O)CCOCCOCCOCCOCCOCCOCCOCCOCCOCCOCCOCCOCCNC(=O)CCSSc1ccccn1. The van der Waals surface area contributed by atoms with Crippen LogP contribution in [0.3, 0.4) is 0 Å². The fourth-order valence-electron chi connectivity index (χ4n) is 3.66.